The molecule has 0 bridgehead atoms. The molecule has 1 aliphatic rings. The number of aromatic nitrogens is 3. The number of aromatic amines is 1. The average Bonchev–Trinajstić information content (AvgIpc) is 3.11. The van der Waals surface area contributed by atoms with Crippen LogP contribution in [0, 0.1) is 19.8 Å². The van der Waals surface area contributed by atoms with Crippen molar-refractivity contribution in [2.75, 3.05) is 5.32 Å². The van der Waals surface area contributed by atoms with E-state index < -0.39 is 11.9 Å². The Morgan fingerprint density at radius 1 is 1.29 bits per heavy atom. The maximum absolute atomic E-state index is 13.4. The van der Waals surface area contributed by atoms with E-state index in [0.717, 1.165) is 31.7 Å². The third-order valence-electron chi connectivity index (χ3n) is 6.19. The summed E-state index contributed by atoms with van der Waals surface area (Å²) in [6, 6.07) is 5.71. The van der Waals surface area contributed by atoms with Gasteiger partial charge in [-0.2, -0.15) is 18.3 Å². The summed E-state index contributed by atoms with van der Waals surface area (Å²) in [6.07, 6.45) is 1.22. The van der Waals surface area contributed by atoms with Crippen LogP contribution >= 0.6 is 11.6 Å². The zero-order valence-corrected chi connectivity index (χ0v) is 19.6. The number of benzene rings is 1. The molecule has 1 fully saturated rings. The van der Waals surface area contributed by atoms with Crippen LogP contribution in [0.4, 0.5) is 18.9 Å². The maximum Gasteiger partial charge on any atom is 0.433 e. The molecule has 1 saturated carbocycles. The molecule has 0 radical (unpaired) electrons. The number of fused-ring (bicyclic) bond motifs is 1. The second-order valence-electron chi connectivity index (χ2n) is 8.75. The first kappa shape index (κ1) is 24.2. The summed E-state index contributed by atoms with van der Waals surface area (Å²) in [7, 11) is 0. The number of nitrogens with zero attached hydrogens (tertiary/aromatic N) is 3. The predicted octanol–water partition coefficient (Wildman–Crippen LogP) is 6.52. The van der Waals surface area contributed by atoms with Gasteiger partial charge in [-0.15, -0.1) is 0 Å². The number of nitrogens with one attached hydrogen (secondary N) is 2. The van der Waals surface area contributed by atoms with Crippen molar-refractivity contribution in [3.8, 4) is 0 Å². The van der Waals surface area contributed by atoms with Crippen LogP contribution in [0.3, 0.4) is 0 Å². The molecule has 4 rings (SSSR count). The number of rotatable bonds is 5. The fourth-order valence-electron chi connectivity index (χ4n) is 4.53. The zero-order valence-electron chi connectivity index (χ0n) is 18.8. The Morgan fingerprint density at radius 3 is 2.79 bits per heavy atom. The van der Waals surface area contributed by atoms with Crippen molar-refractivity contribution in [1.82, 2.24) is 15.2 Å². The number of hydrogen-bond donors (Lipinski definition) is 2. The lowest BCUT2D eigenvalue weighted by molar-refractivity contribution is -0.140. The molecule has 0 spiro atoms. The number of pyridine rings is 1. The largest absolute Gasteiger partial charge is 0.433 e. The van der Waals surface area contributed by atoms with Crippen LogP contribution in [0.2, 0.25) is 5.02 Å². The Morgan fingerprint density at radius 2 is 2.09 bits per heavy atom. The Kier molecular flexibility index (Phi) is 6.93. The summed E-state index contributed by atoms with van der Waals surface area (Å²) >= 11 is 6.10. The summed E-state index contributed by atoms with van der Waals surface area (Å²) in [5.74, 6) is -0.0535. The Hall–Kier alpha value is -2.94. The third-order valence-corrected chi connectivity index (χ3v) is 6.43. The average molecular weight is 492 g/mol. The van der Waals surface area contributed by atoms with Crippen molar-refractivity contribution < 1.29 is 18.0 Å². The molecule has 2 heterocycles. The van der Waals surface area contributed by atoms with E-state index in [1.807, 2.05) is 0 Å². The minimum Gasteiger partial charge on any atom is -0.382 e. The molecule has 3 aromatic rings. The predicted molar refractivity (Wildman–Crippen MR) is 127 cm³/mol. The molecule has 1 amide bonds. The smallest absolute Gasteiger partial charge is 0.382 e. The fourth-order valence-corrected chi connectivity index (χ4v) is 4.71. The van der Waals surface area contributed by atoms with Crippen LogP contribution in [0.1, 0.15) is 59.5 Å². The van der Waals surface area contributed by atoms with Gasteiger partial charge in [0.2, 0.25) is 0 Å². The van der Waals surface area contributed by atoms with Crippen LogP contribution in [0.15, 0.2) is 29.3 Å². The minimum absolute atomic E-state index is 0.00752. The summed E-state index contributed by atoms with van der Waals surface area (Å²) in [4.78, 5) is 20.2. The van der Waals surface area contributed by atoms with Gasteiger partial charge in [-0.3, -0.25) is 9.89 Å². The van der Waals surface area contributed by atoms with Gasteiger partial charge in [-0.1, -0.05) is 18.0 Å². The van der Waals surface area contributed by atoms with Crippen LogP contribution in [0.5, 0.6) is 0 Å². The van der Waals surface area contributed by atoms with Crippen LogP contribution < -0.4 is 5.32 Å². The SMILES string of the molecule is Cc1n[nH]c(C)c1C(=O)N=CCC1CCC[C@H](Nc2cc(C(F)(F)F)nc3ccc(Cl)cc23)C1. The van der Waals surface area contributed by atoms with E-state index in [4.69, 9.17) is 11.6 Å². The zero-order chi connectivity index (χ0) is 24.5. The first-order valence-corrected chi connectivity index (χ1v) is 11.5. The molecule has 10 heteroatoms. The van der Waals surface area contributed by atoms with Gasteiger partial charge in [0.1, 0.15) is 5.69 Å². The second kappa shape index (κ2) is 9.74. The van der Waals surface area contributed by atoms with Crippen molar-refractivity contribution in [2.24, 2.45) is 10.9 Å². The van der Waals surface area contributed by atoms with Gasteiger partial charge in [0.25, 0.3) is 5.91 Å². The lowest BCUT2D eigenvalue weighted by atomic mass is 9.84. The molecule has 2 N–H and O–H groups in total. The van der Waals surface area contributed by atoms with Gasteiger partial charge < -0.3 is 5.32 Å². The number of hydrogen-bond acceptors (Lipinski definition) is 4. The van der Waals surface area contributed by atoms with Gasteiger partial charge in [-0.05, 0) is 69.7 Å². The normalized spacial score (nSPS) is 19.1. The van der Waals surface area contributed by atoms with Crippen molar-refractivity contribution in [3.63, 3.8) is 0 Å². The van der Waals surface area contributed by atoms with Crippen LogP contribution in [0.25, 0.3) is 10.9 Å². The molecule has 34 heavy (non-hydrogen) atoms. The molecule has 0 aliphatic heterocycles. The van der Waals surface area contributed by atoms with Crippen LogP contribution in [-0.2, 0) is 6.18 Å². The number of alkyl halides is 3. The van der Waals surface area contributed by atoms with E-state index in [9.17, 15) is 18.0 Å². The monoisotopic (exact) mass is 491 g/mol. The van der Waals surface area contributed by atoms with Crippen molar-refractivity contribution in [2.45, 2.75) is 58.2 Å². The van der Waals surface area contributed by atoms with Gasteiger partial charge in [-0.25, -0.2) is 9.98 Å². The molecule has 0 saturated heterocycles. The molecule has 2 atom stereocenters. The van der Waals surface area contributed by atoms with Gasteiger partial charge in [0, 0.05) is 34.0 Å². The topological polar surface area (TPSA) is 83.0 Å². The van der Waals surface area contributed by atoms with E-state index in [0.29, 0.717) is 39.5 Å². The fraction of sp³-hybridized carbons (Fsp3) is 0.417. The highest BCUT2D eigenvalue weighted by Gasteiger charge is 2.34. The summed E-state index contributed by atoms with van der Waals surface area (Å²) in [5, 5.41) is 11.1. The number of aryl methyl sites for hydroxylation is 2. The first-order chi connectivity index (χ1) is 16.1. The van der Waals surface area contributed by atoms with E-state index in [1.165, 1.54) is 12.1 Å². The number of carbonyl (C=O) groups excluding carboxylic acids is 1. The number of aliphatic imine (C=N–C) groups is 1. The number of amides is 1. The molecule has 1 aliphatic carbocycles. The molecular formula is C24H25ClF3N5O. The van der Waals surface area contributed by atoms with Gasteiger partial charge in [0.15, 0.2) is 0 Å². The molecule has 180 valence electrons. The molecule has 2 aromatic heterocycles. The highest BCUT2D eigenvalue weighted by molar-refractivity contribution is 6.31. The van der Waals surface area contributed by atoms with E-state index >= 15 is 0 Å². The van der Waals surface area contributed by atoms with Crippen molar-refractivity contribution in [1.29, 1.82) is 0 Å². The highest BCUT2D eigenvalue weighted by atomic mass is 35.5. The molecule has 6 nitrogen and oxygen atoms in total. The first-order valence-electron chi connectivity index (χ1n) is 11.1. The summed E-state index contributed by atoms with van der Waals surface area (Å²) in [6.45, 7) is 3.53. The third kappa shape index (κ3) is 5.41. The van der Waals surface area contributed by atoms with Gasteiger partial charge in [0.05, 0.1) is 16.8 Å². The number of H-pyrrole nitrogens is 1. The van der Waals surface area contributed by atoms with E-state index in [1.54, 1.807) is 26.1 Å². The van der Waals surface area contributed by atoms with Crippen molar-refractivity contribution >= 4 is 40.3 Å². The second-order valence-corrected chi connectivity index (χ2v) is 9.19. The van der Waals surface area contributed by atoms with Gasteiger partial charge >= 0.3 is 6.18 Å². The quantitative estimate of drug-likeness (QED) is 0.398. The van der Waals surface area contributed by atoms with Crippen LogP contribution in [-0.4, -0.2) is 33.3 Å². The summed E-state index contributed by atoms with van der Waals surface area (Å²) < 4.78 is 40.2. The Labute approximate surface area is 200 Å². The molecular weight excluding hydrogens is 467 g/mol. The molecule has 1 aromatic carbocycles. The number of halogens is 4. The maximum atomic E-state index is 13.4. The molecule has 1 unspecified atom stereocenters. The Balaban J connectivity index is 1.47. The van der Waals surface area contributed by atoms with Crippen molar-refractivity contribution in [3.05, 3.63) is 51.9 Å². The summed E-state index contributed by atoms with van der Waals surface area (Å²) in [5.41, 5.74) is 1.47. The minimum atomic E-state index is -4.55. The van der Waals surface area contributed by atoms with E-state index in [2.05, 4.69) is 25.5 Å². The Bertz CT molecular complexity index is 1220. The number of carbonyl (C=O) groups is 1. The van der Waals surface area contributed by atoms with E-state index in [-0.39, 0.29) is 23.4 Å². The lowest BCUT2D eigenvalue weighted by Crippen LogP contribution is -2.28. The lowest BCUT2D eigenvalue weighted by Gasteiger charge is -2.30. The number of anilines is 1. The standard InChI is InChI=1S/C24H25ClF3N5O/c1-13-22(14(2)33-32-13)23(34)29-9-8-15-4-3-5-17(10-15)30-20-12-21(24(26,27)28)31-19-7-6-16(25)11-18(19)20/h6-7,9,11-12,15,17H,3-5,8,10H2,1-2H3,(H,30,31)(H,32,33)/t15?,17-/m0/s1. The highest BCUT2D eigenvalue weighted by Crippen LogP contribution is 2.36.